The molecule has 0 saturated heterocycles. The Morgan fingerprint density at radius 3 is 1.74 bits per heavy atom. The Morgan fingerprint density at radius 1 is 0.842 bits per heavy atom. The molecule has 19 heavy (non-hydrogen) atoms. The lowest BCUT2D eigenvalue weighted by atomic mass is 10.2. The molecule has 0 atom stereocenters. The van der Waals surface area contributed by atoms with E-state index in [4.69, 9.17) is 0 Å². The summed E-state index contributed by atoms with van der Waals surface area (Å²) in [5.41, 5.74) is 5.51. The van der Waals surface area contributed by atoms with Crippen LogP contribution in [-0.4, -0.2) is 8.42 Å². The SMILES string of the molecule is Cc1ccc(C)cc1.O=[SH](=O)ONc1ccccc1. The molecule has 5 heteroatoms. The molecule has 2 aromatic carbocycles. The van der Waals surface area contributed by atoms with Gasteiger partial charge in [0.25, 0.3) is 11.0 Å². The topological polar surface area (TPSA) is 55.4 Å². The van der Waals surface area contributed by atoms with E-state index in [-0.39, 0.29) is 0 Å². The van der Waals surface area contributed by atoms with Gasteiger partial charge in [0.2, 0.25) is 0 Å². The molecule has 0 aromatic heterocycles. The molecule has 0 saturated carbocycles. The number of hydrogen-bond donors (Lipinski definition) is 2. The Bertz CT molecular complexity index is 522. The predicted octanol–water partition coefficient (Wildman–Crippen LogP) is 2.86. The van der Waals surface area contributed by atoms with Crippen molar-refractivity contribution < 1.29 is 12.7 Å². The van der Waals surface area contributed by atoms with Crippen LogP contribution >= 0.6 is 0 Å². The summed E-state index contributed by atoms with van der Waals surface area (Å²) in [5, 5.41) is 0. The van der Waals surface area contributed by atoms with E-state index >= 15 is 0 Å². The maximum atomic E-state index is 9.92. The molecule has 0 heterocycles. The number of hydrogen-bond acceptors (Lipinski definition) is 4. The summed E-state index contributed by atoms with van der Waals surface area (Å²) in [6.45, 7) is 4.19. The number of nitrogens with one attached hydrogen (secondary N) is 1. The molecule has 1 N–H and O–H groups in total. The summed E-state index contributed by atoms with van der Waals surface area (Å²) < 4.78 is 24.0. The zero-order chi connectivity index (χ0) is 14.1. The monoisotopic (exact) mass is 279 g/mol. The predicted molar refractivity (Wildman–Crippen MR) is 77.4 cm³/mol. The van der Waals surface area contributed by atoms with Crippen LogP contribution in [0.2, 0.25) is 0 Å². The largest absolute Gasteiger partial charge is 0.277 e. The van der Waals surface area contributed by atoms with Crippen LogP contribution in [0.4, 0.5) is 5.69 Å². The smallest absolute Gasteiger partial charge is 0.250 e. The van der Waals surface area contributed by atoms with Crippen LogP contribution in [0.1, 0.15) is 11.1 Å². The molecule has 0 aliphatic rings. The van der Waals surface area contributed by atoms with Crippen LogP contribution in [0.3, 0.4) is 0 Å². The highest BCUT2D eigenvalue weighted by Crippen LogP contribution is 2.03. The van der Waals surface area contributed by atoms with Gasteiger partial charge in [-0.15, -0.1) is 0 Å². The van der Waals surface area contributed by atoms with Gasteiger partial charge in [-0.25, -0.2) is 13.9 Å². The third-order valence-corrected chi connectivity index (χ3v) is 2.47. The van der Waals surface area contributed by atoms with Crippen LogP contribution in [0.25, 0.3) is 0 Å². The Morgan fingerprint density at radius 2 is 1.32 bits per heavy atom. The number of aryl methyl sites for hydroxylation is 2. The van der Waals surface area contributed by atoms with Crippen molar-refractivity contribution in [1.29, 1.82) is 0 Å². The first-order valence-corrected chi connectivity index (χ1v) is 6.83. The zero-order valence-corrected chi connectivity index (χ0v) is 11.8. The highest BCUT2D eigenvalue weighted by Gasteiger charge is 1.87. The summed E-state index contributed by atoms with van der Waals surface area (Å²) in [6.07, 6.45) is 0. The number of benzene rings is 2. The second-order valence-electron chi connectivity index (χ2n) is 3.94. The van der Waals surface area contributed by atoms with Gasteiger partial charge in [-0.05, 0) is 26.0 Å². The number of para-hydroxylation sites is 1. The van der Waals surface area contributed by atoms with Gasteiger partial charge in [0.15, 0.2) is 0 Å². The molecule has 0 bridgehead atoms. The van der Waals surface area contributed by atoms with Crippen molar-refractivity contribution in [3.63, 3.8) is 0 Å². The molecule has 0 radical (unpaired) electrons. The molecule has 4 nitrogen and oxygen atoms in total. The van der Waals surface area contributed by atoms with E-state index in [0.717, 1.165) is 0 Å². The quantitative estimate of drug-likeness (QED) is 0.670. The summed E-state index contributed by atoms with van der Waals surface area (Å²) in [5.74, 6) is 0. The van der Waals surface area contributed by atoms with Crippen LogP contribution < -0.4 is 5.48 Å². The molecule has 0 unspecified atom stereocenters. The van der Waals surface area contributed by atoms with Crippen molar-refractivity contribution in [2.24, 2.45) is 0 Å². The maximum absolute atomic E-state index is 9.92. The highest BCUT2D eigenvalue weighted by atomic mass is 32.2. The first kappa shape index (κ1) is 15.2. The molecule has 102 valence electrons. The van der Waals surface area contributed by atoms with Gasteiger partial charge in [0.05, 0.1) is 5.69 Å². The highest BCUT2D eigenvalue weighted by molar-refractivity contribution is 7.67. The standard InChI is InChI=1S/C8H10.C6H7NO3S/c1-7-3-5-8(2)6-4-7;8-11(9)10-7-6-4-2-1-3-5-6/h3-6H,1-2H3;1-5,7,11H. The lowest BCUT2D eigenvalue weighted by Gasteiger charge is -1.98. The van der Waals surface area contributed by atoms with E-state index in [1.54, 1.807) is 24.3 Å². The molecule has 2 aromatic rings. The Labute approximate surface area is 115 Å². The van der Waals surface area contributed by atoms with Crippen LogP contribution in [0, 0.1) is 13.8 Å². The van der Waals surface area contributed by atoms with Crippen molar-refractivity contribution in [3.8, 4) is 0 Å². The molecule has 0 aliphatic carbocycles. The summed E-state index contributed by atoms with van der Waals surface area (Å²) in [6, 6.07) is 17.2. The van der Waals surface area contributed by atoms with Gasteiger partial charge in [-0.3, -0.25) is 0 Å². The van der Waals surface area contributed by atoms with Gasteiger partial charge < -0.3 is 0 Å². The summed E-state index contributed by atoms with van der Waals surface area (Å²) in [7, 11) is -2.84. The molecule has 0 aliphatic heterocycles. The van der Waals surface area contributed by atoms with E-state index in [0.29, 0.717) is 5.69 Å². The minimum Gasteiger partial charge on any atom is -0.250 e. The van der Waals surface area contributed by atoms with Gasteiger partial charge in [-0.1, -0.05) is 53.6 Å². The molecular formula is C14H17NO3S. The molecule has 0 amide bonds. The van der Waals surface area contributed by atoms with Crippen LogP contribution in [-0.2, 0) is 15.3 Å². The van der Waals surface area contributed by atoms with Crippen LogP contribution in [0.15, 0.2) is 54.6 Å². The third-order valence-electron chi connectivity index (χ3n) is 2.23. The van der Waals surface area contributed by atoms with Crippen molar-refractivity contribution in [3.05, 3.63) is 65.7 Å². The number of rotatable bonds is 3. The average Bonchev–Trinajstić information content (AvgIpc) is 2.42. The van der Waals surface area contributed by atoms with E-state index in [2.05, 4.69) is 47.9 Å². The first-order chi connectivity index (χ1) is 9.08. The molecule has 0 spiro atoms. The first-order valence-electron chi connectivity index (χ1n) is 5.73. The fourth-order valence-corrected chi connectivity index (χ4v) is 1.41. The summed E-state index contributed by atoms with van der Waals surface area (Å²) >= 11 is 0. The van der Waals surface area contributed by atoms with Crippen molar-refractivity contribution in [1.82, 2.24) is 0 Å². The van der Waals surface area contributed by atoms with Gasteiger partial charge in [0.1, 0.15) is 0 Å². The second kappa shape index (κ2) is 8.29. The second-order valence-corrected chi connectivity index (χ2v) is 4.57. The lowest BCUT2D eigenvalue weighted by Crippen LogP contribution is -1.98. The Balaban J connectivity index is 0.000000200. The molecule has 2 rings (SSSR count). The number of thiol groups is 1. The van der Waals surface area contributed by atoms with E-state index in [1.807, 2.05) is 6.07 Å². The fraction of sp³-hybridized carbons (Fsp3) is 0.143. The Kier molecular flexibility index (Phi) is 6.63. The minimum atomic E-state index is -2.84. The normalized spacial score (nSPS) is 9.63. The van der Waals surface area contributed by atoms with E-state index in [1.165, 1.54) is 11.1 Å². The van der Waals surface area contributed by atoms with Crippen molar-refractivity contribution in [2.45, 2.75) is 13.8 Å². The van der Waals surface area contributed by atoms with Crippen molar-refractivity contribution in [2.75, 3.05) is 5.48 Å². The minimum absolute atomic E-state index is 0.603. The maximum Gasteiger partial charge on any atom is 0.277 e. The van der Waals surface area contributed by atoms with Crippen molar-refractivity contribution >= 4 is 16.7 Å². The van der Waals surface area contributed by atoms with Crippen LogP contribution in [0.5, 0.6) is 0 Å². The van der Waals surface area contributed by atoms with Gasteiger partial charge in [-0.2, -0.15) is 4.28 Å². The summed E-state index contributed by atoms with van der Waals surface area (Å²) in [4.78, 5) is 0. The fourth-order valence-electron chi connectivity index (χ4n) is 1.23. The average molecular weight is 279 g/mol. The zero-order valence-electron chi connectivity index (χ0n) is 10.9. The third kappa shape index (κ3) is 7.23. The van der Waals surface area contributed by atoms with E-state index < -0.39 is 11.0 Å². The molecule has 0 fully saturated rings. The van der Waals surface area contributed by atoms with E-state index in [9.17, 15) is 8.42 Å². The number of anilines is 1. The Hall–Kier alpha value is -1.85. The molecular weight excluding hydrogens is 262 g/mol. The lowest BCUT2D eigenvalue weighted by molar-refractivity contribution is 0.410. The van der Waals surface area contributed by atoms with Gasteiger partial charge in [0, 0.05) is 0 Å². The van der Waals surface area contributed by atoms with Gasteiger partial charge >= 0.3 is 0 Å².